The third-order valence-corrected chi connectivity index (χ3v) is 3.43. The molecule has 0 aliphatic carbocycles. The summed E-state index contributed by atoms with van der Waals surface area (Å²) in [5.41, 5.74) is 0. The zero-order valence-electron chi connectivity index (χ0n) is 8.63. The Bertz CT molecular complexity index is 200. The Labute approximate surface area is 91.2 Å². The van der Waals surface area contributed by atoms with Crippen molar-refractivity contribution in [1.29, 1.82) is 0 Å². The van der Waals surface area contributed by atoms with Gasteiger partial charge in [0, 0.05) is 26.7 Å². The lowest BCUT2D eigenvalue weighted by Crippen LogP contribution is -3.00. The number of halogens is 1. The van der Waals surface area contributed by atoms with Crippen molar-refractivity contribution in [3.63, 3.8) is 0 Å². The van der Waals surface area contributed by atoms with E-state index >= 15 is 0 Å². The van der Waals surface area contributed by atoms with Crippen LogP contribution in [0.15, 0.2) is 0 Å². The van der Waals surface area contributed by atoms with E-state index in [1.165, 1.54) is 19.6 Å². The van der Waals surface area contributed by atoms with Crippen LogP contribution in [0.1, 0.15) is 0 Å². The lowest BCUT2D eigenvalue weighted by Gasteiger charge is -2.50. The van der Waals surface area contributed by atoms with E-state index in [1.54, 1.807) is 7.05 Å². The Hall–Kier alpha value is -0.320. The van der Waals surface area contributed by atoms with Crippen molar-refractivity contribution in [2.75, 3.05) is 52.9 Å². The summed E-state index contributed by atoms with van der Waals surface area (Å²) in [5, 5.41) is 2.72. The fourth-order valence-corrected chi connectivity index (χ4v) is 2.35. The topological polar surface area (TPSA) is 32.3 Å². The first kappa shape index (κ1) is 11.8. The van der Waals surface area contributed by atoms with Gasteiger partial charge in [-0.15, -0.1) is 0 Å². The average molecular weight is 220 g/mol. The van der Waals surface area contributed by atoms with Crippen LogP contribution in [0, 0.1) is 0 Å². The maximum absolute atomic E-state index is 11.3. The summed E-state index contributed by atoms with van der Waals surface area (Å²) in [4.78, 5) is 13.8. The molecule has 3 heterocycles. The van der Waals surface area contributed by atoms with E-state index in [1.807, 2.05) is 0 Å². The van der Waals surface area contributed by atoms with E-state index in [0.29, 0.717) is 6.54 Å². The van der Waals surface area contributed by atoms with Gasteiger partial charge in [-0.05, 0) is 0 Å². The van der Waals surface area contributed by atoms with Crippen LogP contribution < -0.4 is 17.7 Å². The van der Waals surface area contributed by atoms with Crippen molar-refractivity contribution in [3.05, 3.63) is 0 Å². The number of quaternary nitrogens is 1. The van der Waals surface area contributed by atoms with Gasteiger partial charge in [0.05, 0.1) is 19.6 Å². The predicted octanol–water partition coefficient (Wildman–Crippen LogP) is -4.12. The molecule has 0 aromatic carbocycles. The van der Waals surface area contributed by atoms with Crippen molar-refractivity contribution in [2.24, 2.45) is 0 Å². The highest BCUT2D eigenvalue weighted by Gasteiger charge is 2.39. The van der Waals surface area contributed by atoms with Gasteiger partial charge in [-0.2, -0.15) is 0 Å². The van der Waals surface area contributed by atoms with E-state index in [9.17, 15) is 4.79 Å². The monoisotopic (exact) mass is 219 g/mol. The Morgan fingerprint density at radius 2 is 1.79 bits per heavy atom. The van der Waals surface area contributed by atoms with Crippen molar-refractivity contribution in [3.8, 4) is 0 Å². The molecule has 0 aromatic rings. The fraction of sp³-hybridized carbons (Fsp3) is 0.889. The SMILES string of the molecule is CNC(=O)C[N+]12CCN(CC1)CC2.[Cl-]. The molecule has 5 heteroatoms. The van der Waals surface area contributed by atoms with Crippen LogP contribution in [-0.2, 0) is 4.79 Å². The summed E-state index contributed by atoms with van der Waals surface area (Å²) in [6, 6.07) is 0. The van der Waals surface area contributed by atoms with Crippen molar-refractivity contribution in [2.45, 2.75) is 0 Å². The van der Waals surface area contributed by atoms with E-state index in [-0.39, 0.29) is 18.3 Å². The molecule has 3 saturated heterocycles. The van der Waals surface area contributed by atoms with Gasteiger partial charge < -0.3 is 22.2 Å². The molecule has 0 atom stereocenters. The number of nitrogens with zero attached hydrogens (tertiary/aromatic N) is 2. The quantitative estimate of drug-likeness (QED) is 0.479. The van der Waals surface area contributed by atoms with Crippen LogP contribution in [0.4, 0.5) is 0 Å². The molecule has 14 heavy (non-hydrogen) atoms. The highest BCUT2D eigenvalue weighted by Crippen LogP contribution is 2.18. The van der Waals surface area contributed by atoms with Crippen LogP contribution >= 0.6 is 0 Å². The first-order chi connectivity index (χ1) is 6.24. The molecule has 0 unspecified atom stereocenters. The standard InChI is InChI=1S/C9H17N3O.ClH/c1-10-9(13)8-12-5-2-11(3-6-12)4-7-12;/h2-8H2,1H3;1H. The minimum Gasteiger partial charge on any atom is -1.00 e. The van der Waals surface area contributed by atoms with E-state index in [2.05, 4.69) is 10.2 Å². The Kier molecular flexibility index (Phi) is 3.75. The fourth-order valence-electron chi connectivity index (χ4n) is 2.35. The van der Waals surface area contributed by atoms with Gasteiger partial charge in [-0.25, -0.2) is 0 Å². The van der Waals surface area contributed by atoms with E-state index in [4.69, 9.17) is 0 Å². The van der Waals surface area contributed by atoms with Crippen LogP contribution in [0.5, 0.6) is 0 Å². The molecule has 82 valence electrons. The second kappa shape index (κ2) is 4.47. The number of fused-ring (bicyclic) bond motifs is 3. The first-order valence-electron chi connectivity index (χ1n) is 5.02. The molecule has 0 saturated carbocycles. The van der Waals surface area contributed by atoms with Crippen LogP contribution in [0.3, 0.4) is 0 Å². The van der Waals surface area contributed by atoms with Gasteiger partial charge in [0.25, 0.3) is 5.91 Å². The molecule has 0 radical (unpaired) electrons. The molecule has 3 rings (SSSR count). The van der Waals surface area contributed by atoms with Gasteiger partial charge in [0.2, 0.25) is 0 Å². The number of hydrogen-bond acceptors (Lipinski definition) is 2. The van der Waals surface area contributed by atoms with Crippen molar-refractivity contribution < 1.29 is 21.7 Å². The van der Waals surface area contributed by atoms with Gasteiger partial charge >= 0.3 is 0 Å². The van der Waals surface area contributed by atoms with Crippen molar-refractivity contribution >= 4 is 5.91 Å². The largest absolute Gasteiger partial charge is 1.00 e. The second-order valence-electron chi connectivity index (χ2n) is 4.19. The smallest absolute Gasteiger partial charge is 0.275 e. The van der Waals surface area contributed by atoms with Gasteiger partial charge in [-0.3, -0.25) is 9.69 Å². The molecule has 0 spiro atoms. The summed E-state index contributed by atoms with van der Waals surface area (Å²) >= 11 is 0. The molecular formula is C9H18ClN3O. The maximum Gasteiger partial charge on any atom is 0.275 e. The second-order valence-corrected chi connectivity index (χ2v) is 4.19. The molecule has 2 bridgehead atoms. The summed E-state index contributed by atoms with van der Waals surface area (Å²) in [7, 11) is 1.72. The number of likely N-dealkylation sites (N-methyl/N-ethyl adjacent to an activating group) is 1. The number of carbonyl (C=O) groups excluding carboxylic acids is 1. The van der Waals surface area contributed by atoms with Gasteiger partial charge in [-0.1, -0.05) is 0 Å². The maximum atomic E-state index is 11.3. The minimum absolute atomic E-state index is 0. The third kappa shape index (κ3) is 2.19. The summed E-state index contributed by atoms with van der Waals surface area (Å²) < 4.78 is 1.02. The Morgan fingerprint density at radius 1 is 1.29 bits per heavy atom. The molecule has 0 aromatic heterocycles. The average Bonchev–Trinajstić information content (AvgIpc) is 2.20. The number of rotatable bonds is 2. The van der Waals surface area contributed by atoms with Crippen LogP contribution in [0.25, 0.3) is 0 Å². The number of nitrogens with one attached hydrogen (secondary N) is 1. The highest BCUT2D eigenvalue weighted by atomic mass is 35.5. The van der Waals surface area contributed by atoms with E-state index < -0.39 is 0 Å². The van der Waals surface area contributed by atoms with Crippen LogP contribution in [-0.4, -0.2) is 68.2 Å². The molecule has 3 fully saturated rings. The number of piperazine rings is 3. The zero-order valence-corrected chi connectivity index (χ0v) is 9.39. The highest BCUT2D eigenvalue weighted by molar-refractivity contribution is 5.76. The van der Waals surface area contributed by atoms with Gasteiger partial charge in [0.1, 0.15) is 0 Å². The normalized spacial score (nSPS) is 34.8. The molecule has 1 amide bonds. The number of amides is 1. The molecule has 4 nitrogen and oxygen atoms in total. The first-order valence-corrected chi connectivity index (χ1v) is 5.02. The Balaban J connectivity index is 0.000000980. The molecular weight excluding hydrogens is 202 g/mol. The summed E-state index contributed by atoms with van der Waals surface area (Å²) in [6.07, 6.45) is 0. The summed E-state index contributed by atoms with van der Waals surface area (Å²) in [5.74, 6) is 0.190. The van der Waals surface area contributed by atoms with Crippen molar-refractivity contribution in [1.82, 2.24) is 10.2 Å². The van der Waals surface area contributed by atoms with E-state index in [0.717, 1.165) is 24.1 Å². The molecule has 3 aliphatic rings. The van der Waals surface area contributed by atoms with Gasteiger partial charge in [0.15, 0.2) is 6.54 Å². The lowest BCUT2D eigenvalue weighted by atomic mass is 10.1. The zero-order chi connectivity index (χ0) is 9.31. The van der Waals surface area contributed by atoms with Crippen LogP contribution in [0.2, 0.25) is 0 Å². The molecule has 1 N–H and O–H groups in total. The third-order valence-electron chi connectivity index (χ3n) is 3.43. The Morgan fingerprint density at radius 3 is 2.21 bits per heavy atom. The minimum atomic E-state index is 0. The molecule has 3 aliphatic heterocycles. The predicted molar refractivity (Wildman–Crippen MR) is 50.2 cm³/mol. The summed E-state index contributed by atoms with van der Waals surface area (Å²) in [6.45, 7) is 7.70. The number of hydrogen-bond donors (Lipinski definition) is 1. The number of carbonyl (C=O) groups is 1. The lowest BCUT2D eigenvalue weighted by molar-refractivity contribution is -0.933.